The molecule has 0 N–H and O–H groups in total. The van der Waals surface area contributed by atoms with E-state index < -0.39 is 0 Å². The van der Waals surface area contributed by atoms with E-state index in [-0.39, 0.29) is 17.8 Å². The molecule has 1 saturated heterocycles. The predicted octanol–water partition coefficient (Wildman–Crippen LogP) is 0.767. The van der Waals surface area contributed by atoms with Crippen molar-refractivity contribution in [3.63, 3.8) is 0 Å². The van der Waals surface area contributed by atoms with Crippen molar-refractivity contribution in [2.45, 2.75) is 12.5 Å². The van der Waals surface area contributed by atoms with Crippen molar-refractivity contribution in [2.75, 3.05) is 20.2 Å². The highest BCUT2D eigenvalue weighted by Crippen LogP contribution is 2.24. The highest BCUT2D eigenvalue weighted by Gasteiger charge is 2.30. The Morgan fingerprint density at radius 3 is 2.86 bits per heavy atom. The number of aromatic nitrogens is 3. The first-order valence-electron chi connectivity index (χ1n) is 6.49. The molecule has 2 aromatic rings. The van der Waals surface area contributed by atoms with E-state index >= 15 is 0 Å². The van der Waals surface area contributed by atoms with Gasteiger partial charge in [0.2, 0.25) is 5.76 Å². The summed E-state index contributed by atoms with van der Waals surface area (Å²) in [5, 5.41) is 3.54. The Bertz CT molecular complexity index is 616. The average Bonchev–Trinajstić information content (AvgIpc) is 3.19. The molecule has 2 aromatic heterocycles. The summed E-state index contributed by atoms with van der Waals surface area (Å²) in [5.74, 6) is 0.703. The number of methoxy groups -OCH3 is 1. The number of likely N-dealkylation sites (tertiary alicyclic amines) is 1. The van der Waals surface area contributed by atoms with Gasteiger partial charge in [-0.05, 0) is 0 Å². The minimum Gasteiger partial charge on any atom is -0.477 e. The van der Waals surface area contributed by atoms with Gasteiger partial charge in [-0.1, -0.05) is 5.16 Å². The molecule has 21 heavy (non-hydrogen) atoms. The molecule has 8 heteroatoms. The SMILES string of the molecule is COc1nccnc1O[C@H]1CCN(C(=O)c2ccno2)C1. The fourth-order valence-electron chi connectivity index (χ4n) is 2.18. The van der Waals surface area contributed by atoms with Crippen LogP contribution in [0.5, 0.6) is 11.8 Å². The molecule has 110 valence electrons. The minimum atomic E-state index is -0.190. The van der Waals surface area contributed by atoms with Gasteiger partial charge in [0.1, 0.15) is 6.10 Å². The molecule has 0 bridgehead atoms. The van der Waals surface area contributed by atoms with Crippen LogP contribution in [0.25, 0.3) is 0 Å². The molecular formula is C13H14N4O4. The lowest BCUT2D eigenvalue weighted by Gasteiger charge is -2.16. The van der Waals surface area contributed by atoms with E-state index in [9.17, 15) is 4.79 Å². The smallest absolute Gasteiger partial charge is 0.292 e. The molecule has 1 atom stereocenters. The van der Waals surface area contributed by atoms with Gasteiger partial charge >= 0.3 is 0 Å². The Morgan fingerprint density at radius 1 is 1.33 bits per heavy atom. The zero-order chi connectivity index (χ0) is 14.7. The van der Waals surface area contributed by atoms with Crippen LogP contribution in [-0.4, -0.2) is 52.2 Å². The summed E-state index contributed by atoms with van der Waals surface area (Å²) < 4.78 is 15.7. The van der Waals surface area contributed by atoms with Gasteiger partial charge in [0.15, 0.2) is 0 Å². The van der Waals surface area contributed by atoms with E-state index in [0.29, 0.717) is 31.3 Å². The van der Waals surface area contributed by atoms with Crippen molar-refractivity contribution in [1.82, 2.24) is 20.0 Å². The topological polar surface area (TPSA) is 90.6 Å². The second-order valence-corrected chi connectivity index (χ2v) is 4.53. The van der Waals surface area contributed by atoms with Crippen LogP contribution >= 0.6 is 0 Å². The quantitative estimate of drug-likeness (QED) is 0.821. The van der Waals surface area contributed by atoms with Gasteiger partial charge in [-0.2, -0.15) is 0 Å². The number of carbonyl (C=O) groups excluding carboxylic acids is 1. The summed E-state index contributed by atoms with van der Waals surface area (Å²) in [5.41, 5.74) is 0. The van der Waals surface area contributed by atoms with Crippen LogP contribution in [0.2, 0.25) is 0 Å². The monoisotopic (exact) mass is 290 g/mol. The van der Waals surface area contributed by atoms with Gasteiger partial charge in [0.25, 0.3) is 17.7 Å². The number of amides is 1. The third kappa shape index (κ3) is 2.78. The van der Waals surface area contributed by atoms with Crippen LogP contribution in [0, 0.1) is 0 Å². The number of hydrogen-bond acceptors (Lipinski definition) is 7. The molecule has 3 heterocycles. The van der Waals surface area contributed by atoms with Gasteiger partial charge in [0, 0.05) is 31.4 Å². The lowest BCUT2D eigenvalue weighted by Crippen LogP contribution is -2.30. The Labute approximate surface area is 120 Å². The van der Waals surface area contributed by atoms with E-state index in [4.69, 9.17) is 14.0 Å². The van der Waals surface area contributed by atoms with Crippen LogP contribution < -0.4 is 9.47 Å². The second-order valence-electron chi connectivity index (χ2n) is 4.53. The number of ether oxygens (including phenoxy) is 2. The van der Waals surface area contributed by atoms with E-state index in [1.165, 1.54) is 25.7 Å². The molecule has 0 aromatic carbocycles. The summed E-state index contributed by atoms with van der Waals surface area (Å²) in [4.78, 5) is 21.9. The predicted molar refractivity (Wildman–Crippen MR) is 70.0 cm³/mol. The summed E-state index contributed by atoms with van der Waals surface area (Å²) >= 11 is 0. The molecule has 0 aliphatic carbocycles. The lowest BCUT2D eigenvalue weighted by molar-refractivity contribution is 0.0729. The first-order valence-corrected chi connectivity index (χ1v) is 6.49. The van der Waals surface area contributed by atoms with E-state index in [2.05, 4.69) is 15.1 Å². The Morgan fingerprint density at radius 2 is 2.14 bits per heavy atom. The first kappa shape index (κ1) is 13.3. The fraction of sp³-hybridized carbons (Fsp3) is 0.385. The van der Waals surface area contributed by atoms with Crippen LogP contribution in [-0.2, 0) is 0 Å². The maximum atomic E-state index is 12.1. The molecule has 0 radical (unpaired) electrons. The number of rotatable bonds is 4. The average molecular weight is 290 g/mol. The normalized spacial score (nSPS) is 17.8. The first-order chi connectivity index (χ1) is 10.3. The van der Waals surface area contributed by atoms with Crippen LogP contribution in [0.15, 0.2) is 29.2 Å². The summed E-state index contributed by atoms with van der Waals surface area (Å²) in [7, 11) is 1.51. The summed E-state index contributed by atoms with van der Waals surface area (Å²) in [6, 6.07) is 1.54. The van der Waals surface area contributed by atoms with Gasteiger partial charge < -0.3 is 18.9 Å². The van der Waals surface area contributed by atoms with Crippen molar-refractivity contribution in [2.24, 2.45) is 0 Å². The molecule has 1 amide bonds. The van der Waals surface area contributed by atoms with Gasteiger partial charge in [-0.3, -0.25) is 4.79 Å². The summed E-state index contributed by atoms with van der Waals surface area (Å²) in [6.45, 7) is 1.05. The van der Waals surface area contributed by atoms with Crippen LogP contribution in [0.3, 0.4) is 0 Å². The molecule has 0 saturated carbocycles. The van der Waals surface area contributed by atoms with Crippen LogP contribution in [0.1, 0.15) is 17.0 Å². The maximum absolute atomic E-state index is 12.1. The maximum Gasteiger partial charge on any atom is 0.292 e. The molecule has 0 spiro atoms. The Hall–Kier alpha value is -2.64. The van der Waals surface area contributed by atoms with Crippen molar-refractivity contribution in [3.05, 3.63) is 30.4 Å². The molecule has 8 nitrogen and oxygen atoms in total. The molecular weight excluding hydrogens is 276 g/mol. The fourth-order valence-corrected chi connectivity index (χ4v) is 2.18. The highest BCUT2D eigenvalue weighted by atomic mass is 16.5. The number of hydrogen-bond donors (Lipinski definition) is 0. The minimum absolute atomic E-state index is 0.150. The van der Waals surface area contributed by atoms with Crippen LogP contribution in [0.4, 0.5) is 0 Å². The Kier molecular flexibility index (Phi) is 3.67. The van der Waals surface area contributed by atoms with E-state index in [1.54, 1.807) is 11.0 Å². The molecule has 1 aliphatic rings. The van der Waals surface area contributed by atoms with E-state index in [1.807, 2.05) is 0 Å². The highest BCUT2D eigenvalue weighted by molar-refractivity contribution is 5.91. The third-order valence-corrected chi connectivity index (χ3v) is 3.19. The lowest BCUT2D eigenvalue weighted by atomic mass is 10.3. The number of nitrogens with zero attached hydrogens (tertiary/aromatic N) is 4. The summed E-state index contributed by atoms with van der Waals surface area (Å²) in [6.07, 6.45) is 5.06. The zero-order valence-corrected chi connectivity index (χ0v) is 11.4. The standard InChI is InChI=1S/C13H14N4O4/c1-19-11-12(15-6-5-14-11)20-9-3-7-17(8-9)13(18)10-2-4-16-21-10/h2,4-6,9H,3,7-8H2,1H3/t9-/m0/s1. The second kappa shape index (κ2) is 5.78. The molecule has 1 fully saturated rings. The van der Waals surface area contributed by atoms with Crippen molar-refractivity contribution >= 4 is 5.91 Å². The van der Waals surface area contributed by atoms with E-state index in [0.717, 1.165) is 0 Å². The Balaban J connectivity index is 1.63. The largest absolute Gasteiger partial charge is 0.477 e. The van der Waals surface area contributed by atoms with Crippen molar-refractivity contribution in [1.29, 1.82) is 0 Å². The van der Waals surface area contributed by atoms with Gasteiger partial charge in [-0.25, -0.2) is 9.97 Å². The van der Waals surface area contributed by atoms with Gasteiger partial charge in [0.05, 0.1) is 19.9 Å². The third-order valence-electron chi connectivity index (χ3n) is 3.19. The molecule has 1 aliphatic heterocycles. The van der Waals surface area contributed by atoms with Crippen molar-refractivity contribution < 1.29 is 18.8 Å². The van der Waals surface area contributed by atoms with Crippen molar-refractivity contribution in [3.8, 4) is 11.8 Å². The number of carbonyl (C=O) groups is 1. The van der Waals surface area contributed by atoms with Gasteiger partial charge in [-0.15, -0.1) is 0 Å². The zero-order valence-electron chi connectivity index (χ0n) is 11.4. The molecule has 3 rings (SSSR count). The molecule has 0 unspecified atom stereocenters.